The van der Waals surface area contributed by atoms with Gasteiger partial charge in [0.05, 0.1) is 41.9 Å². The van der Waals surface area contributed by atoms with Gasteiger partial charge in [0.15, 0.2) is 0 Å². The fourth-order valence-corrected chi connectivity index (χ4v) is 7.05. The van der Waals surface area contributed by atoms with Gasteiger partial charge in [0, 0.05) is 91.3 Å². The quantitative estimate of drug-likeness (QED) is 0.168. The highest BCUT2D eigenvalue weighted by molar-refractivity contribution is 5.82. The third-order valence-electron chi connectivity index (χ3n) is 8.97. The van der Waals surface area contributed by atoms with E-state index in [1.807, 2.05) is 18.2 Å². The minimum atomic E-state index is -0.515. The standard InChI is InChI=1S/C35H33N3O6/c1-35-32-26-11-20-12-27(32)43-29-14-22-16-31(34(29)35)44-30-15-21(13-28(42-26)33(30)35)37-6-3-9-40-24-17-23(39-8-2-5-36-20)18-25(19-24)41-10-4-7-38-22/h11-19,36-38H,2-10H2,1H3. The average Bonchev–Trinajstić information content (AvgIpc) is 2.99. The zero-order chi connectivity index (χ0) is 29.3. The third kappa shape index (κ3) is 4.06. The smallest absolute Gasteiger partial charge is 0.137 e. The van der Waals surface area contributed by atoms with Crippen molar-refractivity contribution < 1.29 is 28.4 Å². The number of hydrogen-bond acceptors (Lipinski definition) is 9. The normalized spacial score (nSPS) is 18.2. The zero-order valence-electron chi connectivity index (χ0n) is 24.5. The van der Waals surface area contributed by atoms with Crippen LogP contribution >= 0.6 is 0 Å². The Morgan fingerprint density at radius 2 is 0.750 bits per heavy atom. The summed E-state index contributed by atoms with van der Waals surface area (Å²) in [5.41, 5.74) is 5.34. The molecule has 0 fully saturated rings. The SMILES string of the molecule is CC12c3c4cc5cc3Oc3cc6cc(c31)Oc1cc(cc(c12)O4)NCCCOc1cc(cc(c1)OCCCN6)OCCCN5. The number of anilines is 3. The van der Waals surface area contributed by atoms with Crippen molar-refractivity contribution in [3.63, 3.8) is 0 Å². The first kappa shape index (κ1) is 25.6. The van der Waals surface area contributed by atoms with E-state index in [-0.39, 0.29) is 0 Å². The molecule has 0 spiro atoms. The molecule has 0 unspecified atom stereocenters. The van der Waals surface area contributed by atoms with Crippen LogP contribution in [0.15, 0.2) is 54.6 Å². The summed E-state index contributed by atoms with van der Waals surface area (Å²) in [4.78, 5) is 0. The Morgan fingerprint density at radius 1 is 0.455 bits per heavy atom. The molecule has 0 aromatic heterocycles. The van der Waals surface area contributed by atoms with Crippen LogP contribution in [0.2, 0.25) is 0 Å². The van der Waals surface area contributed by atoms with E-state index in [0.717, 1.165) is 105 Å². The van der Waals surface area contributed by atoms with Gasteiger partial charge >= 0.3 is 0 Å². The van der Waals surface area contributed by atoms with Crippen LogP contribution in [0.25, 0.3) is 0 Å². The van der Waals surface area contributed by atoms with Gasteiger partial charge in [0.2, 0.25) is 0 Å². The van der Waals surface area contributed by atoms with Crippen molar-refractivity contribution in [1.82, 2.24) is 0 Å². The number of hydrogen-bond donors (Lipinski definition) is 3. The molecule has 224 valence electrons. The van der Waals surface area contributed by atoms with E-state index in [1.165, 1.54) is 0 Å². The lowest BCUT2D eigenvalue weighted by atomic mass is 9.66. The summed E-state index contributed by atoms with van der Waals surface area (Å²) in [6.07, 6.45) is 2.40. The predicted octanol–water partition coefficient (Wildman–Crippen LogP) is 7.63. The summed E-state index contributed by atoms with van der Waals surface area (Å²) in [5, 5.41) is 10.7. The fourth-order valence-electron chi connectivity index (χ4n) is 7.05. The minimum absolute atomic E-state index is 0.515. The largest absolute Gasteiger partial charge is 0.493 e. The Bertz CT molecular complexity index is 1530. The lowest BCUT2D eigenvalue weighted by Crippen LogP contribution is -2.36. The molecular formula is C35H33N3O6. The monoisotopic (exact) mass is 591 g/mol. The predicted molar refractivity (Wildman–Crippen MR) is 167 cm³/mol. The van der Waals surface area contributed by atoms with Gasteiger partial charge < -0.3 is 44.4 Å². The molecule has 4 aromatic carbocycles. The van der Waals surface area contributed by atoms with E-state index in [9.17, 15) is 0 Å². The molecule has 6 aliphatic rings. The molecular weight excluding hydrogens is 558 g/mol. The van der Waals surface area contributed by atoms with Crippen molar-refractivity contribution in [2.24, 2.45) is 0 Å². The van der Waals surface area contributed by atoms with E-state index in [2.05, 4.69) is 59.3 Å². The maximum Gasteiger partial charge on any atom is 0.137 e. The number of rotatable bonds is 0. The van der Waals surface area contributed by atoms with Gasteiger partial charge in [-0.05, 0) is 26.2 Å². The Hall–Kier alpha value is -4.92. The molecule has 0 amide bonds. The lowest BCUT2D eigenvalue weighted by molar-refractivity contribution is 0.284. The third-order valence-corrected chi connectivity index (χ3v) is 8.97. The van der Waals surface area contributed by atoms with Crippen molar-refractivity contribution in [3.8, 4) is 51.7 Å². The van der Waals surface area contributed by atoms with Crippen LogP contribution < -0.4 is 44.4 Å². The molecule has 44 heavy (non-hydrogen) atoms. The highest BCUT2D eigenvalue weighted by atomic mass is 16.5. The number of ether oxygens (including phenoxy) is 6. The van der Waals surface area contributed by atoms with Crippen LogP contribution in [0.3, 0.4) is 0 Å². The molecule has 0 saturated carbocycles. The molecule has 12 bridgehead atoms. The highest BCUT2D eigenvalue weighted by Gasteiger charge is 2.53. The molecule has 0 aliphatic carbocycles. The van der Waals surface area contributed by atoms with Crippen LogP contribution in [-0.2, 0) is 5.41 Å². The van der Waals surface area contributed by atoms with Gasteiger partial charge in [0.25, 0.3) is 0 Å². The van der Waals surface area contributed by atoms with Crippen LogP contribution in [0.5, 0.6) is 51.7 Å². The molecule has 10 rings (SSSR count). The van der Waals surface area contributed by atoms with E-state index >= 15 is 0 Å². The summed E-state index contributed by atoms with van der Waals surface area (Å²) >= 11 is 0. The van der Waals surface area contributed by atoms with Gasteiger partial charge in [-0.2, -0.15) is 0 Å². The maximum atomic E-state index is 6.69. The van der Waals surface area contributed by atoms with E-state index in [4.69, 9.17) is 28.4 Å². The highest BCUT2D eigenvalue weighted by Crippen LogP contribution is 2.67. The molecule has 9 nitrogen and oxygen atoms in total. The van der Waals surface area contributed by atoms with E-state index in [1.54, 1.807) is 0 Å². The molecule has 4 aromatic rings. The molecule has 9 heteroatoms. The fraction of sp³-hybridized carbons (Fsp3) is 0.314. The van der Waals surface area contributed by atoms with Gasteiger partial charge in [-0.15, -0.1) is 0 Å². The van der Waals surface area contributed by atoms with Gasteiger partial charge in [0.1, 0.15) is 51.7 Å². The zero-order valence-corrected chi connectivity index (χ0v) is 24.5. The van der Waals surface area contributed by atoms with Crippen molar-refractivity contribution >= 4 is 17.1 Å². The number of fused-ring (bicyclic) bond motifs is 12. The summed E-state index contributed by atoms with van der Waals surface area (Å²) < 4.78 is 38.5. The molecule has 0 saturated heterocycles. The molecule has 0 radical (unpaired) electrons. The second kappa shape index (κ2) is 9.80. The van der Waals surface area contributed by atoms with Gasteiger partial charge in [-0.25, -0.2) is 0 Å². The average molecular weight is 592 g/mol. The first-order valence-corrected chi connectivity index (χ1v) is 15.5. The number of benzene rings is 4. The molecule has 6 aliphatic heterocycles. The summed E-state index contributed by atoms with van der Waals surface area (Å²) in [5.74, 6) is 6.92. The van der Waals surface area contributed by atoms with Crippen LogP contribution in [-0.4, -0.2) is 39.5 Å². The van der Waals surface area contributed by atoms with Crippen molar-refractivity contribution in [2.45, 2.75) is 31.6 Å². The van der Waals surface area contributed by atoms with Crippen LogP contribution in [0, 0.1) is 0 Å². The first-order valence-electron chi connectivity index (χ1n) is 15.5. The van der Waals surface area contributed by atoms with Crippen LogP contribution in [0.4, 0.5) is 17.1 Å². The number of nitrogens with one attached hydrogen (secondary N) is 3. The van der Waals surface area contributed by atoms with E-state index < -0.39 is 5.41 Å². The summed E-state index contributed by atoms with van der Waals surface area (Å²) in [6, 6.07) is 18.3. The lowest BCUT2D eigenvalue weighted by Gasteiger charge is -2.46. The Kier molecular flexibility index (Phi) is 5.70. The summed E-state index contributed by atoms with van der Waals surface area (Å²) in [6.45, 7) is 6.05. The first-order chi connectivity index (χ1) is 21.6. The maximum absolute atomic E-state index is 6.69. The van der Waals surface area contributed by atoms with Crippen molar-refractivity contribution in [2.75, 3.05) is 55.4 Å². The Morgan fingerprint density at radius 3 is 1.05 bits per heavy atom. The van der Waals surface area contributed by atoms with Crippen LogP contribution in [0.1, 0.15) is 42.9 Å². The van der Waals surface area contributed by atoms with Gasteiger partial charge in [-0.1, -0.05) is 0 Å². The van der Waals surface area contributed by atoms with E-state index in [0.29, 0.717) is 39.5 Å². The molecule has 6 heterocycles. The molecule has 0 atom stereocenters. The summed E-state index contributed by atoms with van der Waals surface area (Å²) in [7, 11) is 0. The molecule has 3 N–H and O–H groups in total. The second-order valence-corrected chi connectivity index (χ2v) is 12.0. The van der Waals surface area contributed by atoms with Gasteiger partial charge in [-0.3, -0.25) is 0 Å². The minimum Gasteiger partial charge on any atom is -0.493 e. The van der Waals surface area contributed by atoms with Crippen molar-refractivity contribution in [1.29, 1.82) is 0 Å². The Labute approximate surface area is 255 Å². The van der Waals surface area contributed by atoms with Crippen molar-refractivity contribution in [3.05, 3.63) is 71.3 Å². The Balaban J connectivity index is 1.23. The second-order valence-electron chi connectivity index (χ2n) is 12.0. The topological polar surface area (TPSA) is 91.5 Å².